The largest absolute Gasteiger partial charge is 0.339 e. The predicted octanol–water partition coefficient (Wildman–Crippen LogP) is 2.82. The fourth-order valence-electron chi connectivity index (χ4n) is 4.41. The van der Waals surface area contributed by atoms with E-state index in [0.717, 1.165) is 43.6 Å². The average Bonchev–Trinajstić information content (AvgIpc) is 3.42. The Labute approximate surface area is 184 Å². The lowest BCUT2D eigenvalue weighted by molar-refractivity contribution is -0.130. The molecule has 0 radical (unpaired) electrons. The van der Waals surface area contributed by atoms with E-state index in [1.54, 1.807) is 0 Å². The molecule has 0 spiro atoms. The van der Waals surface area contributed by atoms with Gasteiger partial charge >= 0.3 is 0 Å². The number of aryl methyl sites for hydroxylation is 2. The zero-order chi connectivity index (χ0) is 20.9. The summed E-state index contributed by atoms with van der Waals surface area (Å²) in [6.07, 6.45) is 6.48. The summed E-state index contributed by atoms with van der Waals surface area (Å²) < 4.78 is 2.08. The van der Waals surface area contributed by atoms with Crippen LogP contribution in [0.2, 0.25) is 0 Å². The maximum Gasteiger partial charge on any atom is 0.233 e. The van der Waals surface area contributed by atoms with Gasteiger partial charge in [-0.15, -0.1) is 0 Å². The molecule has 4 rings (SSSR count). The molecule has 1 aromatic heterocycles. The number of hydrogen-bond donors (Lipinski definition) is 0. The fraction of sp³-hybridized carbons (Fsp3) is 0.565. The van der Waals surface area contributed by atoms with E-state index in [1.807, 2.05) is 17.3 Å². The van der Waals surface area contributed by atoms with Crippen LogP contribution in [0.15, 0.2) is 35.7 Å². The predicted molar refractivity (Wildman–Crippen MR) is 122 cm³/mol. The fourth-order valence-corrected chi connectivity index (χ4v) is 5.29. The molecule has 30 heavy (non-hydrogen) atoms. The number of aromatic nitrogens is 2. The first-order chi connectivity index (χ1) is 14.6. The van der Waals surface area contributed by atoms with Gasteiger partial charge in [-0.1, -0.05) is 17.8 Å². The highest BCUT2D eigenvalue weighted by Gasteiger charge is 2.22. The van der Waals surface area contributed by atoms with Crippen LogP contribution >= 0.6 is 11.8 Å². The van der Waals surface area contributed by atoms with Gasteiger partial charge in [-0.05, 0) is 63.0 Å². The molecule has 2 aliphatic rings. The Morgan fingerprint density at radius 2 is 1.57 bits per heavy atom. The second-order valence-corrected chi connectivity index (χ2v) is 9.43. The van der Waals surface area contributed by atoms with Crippen molar-refractivity contribution in [2.45, 2.75) is 31.8 Å². The van der Waals surface area contributed by atoms with Gasteiger partial charge in [0.25, 0.3) is 0 Å². The van der Waals surface area contributed by atoms with Crippen LogP contribution in [0.3, 0.4) is 0 Å². The number of hydrogen-bond acceptors (Lipinski definition) is 5. The molecule has 2 fully saturated rings. The van der Waals surface area contributed by atoms with Gasteiger partial charge in [0.05, 0.1) is 5.75 Å². The Kier molecular flexibility index (Phi) is 7.12. The monoisotopic (exact) mass is 427 g/mol. The number of likely N-dealkylation sites (tertiary alicyclic amines) is 1. The Bertz CT molecular complexity index is 833. The van der Waals surface area contributed by atoms with Gasteiger partial charge < -0.3 is 9.80 Å². The first-order valence-corrected chi connectivity index (χ1v) is 12.0. The second-order valence-electron chi connectivity index (χ2n) is 8.49. The maximum absolute atomic E-state index is 12.8. The van der Waals surface area contributed by atoms with E-state index in [4.69, 9.17) is 0 Å². The molecular formula is C23H33N5OS. The average molecular weight is 428 g/mol. The van der Waals surface area contributed by atoms with Crippen LogP contribution in [0.25, 0.3) is 5.69 Å². The molecule has 1 amide bonds. The first-order valence-electron chi connectivity index (χ1n) is 11.1. The molecule has 0 N–H and O–H groups in total. The topological polar surface area (TPSA) is 44.6 Å². The van der Waals surface area contributed by atoms with Crippen LogP contribution in [0.4, 0.5) is 0 Å². The van der Waals surface area contributed by atoms with Gasteiger partial charge in [-0.25, -0.2) is 4.98 Å². The molecule has 0 aliphatic carbocycles. The van der Waals surface area contributed by atoms with Crippen molar-refractivity contribution in [2.24, 2.45) is 0 Å². The minimum atomic E-state index is 0.217. The zero-order valence-corrected chi connectivity index (χ0v) is 19.0. The molecular weight excluding hydrogens is 394 g/mol. The van der Waals surface area contributed by atoms with Crippen LogP contribution in [0.1, 0.15) is 24.0 Å². The summed E-state index contributed by atoms with van der Waals surface area (Å²) in [5, 5.41) is 0.873. The van der Waals surface area contributed by atoms with Crippen molar-refractivity contribution in [3.63, 3.8) is 0 Å². The standard InChI is InChI=1S/C23H33N5OS/c1-19-15-20(2)17-21(16-19)28-8-5-24-23(28)30-18-22(29)27-13-11-26(12-14-27)10-9-25-6-3-4-7-25/h5,8,15-17H,3-4,6-7,9-14,18H2,1-2H3. The number of imidazole rings is 1. The Balaban J connectivity index is 1.25. The van der Waals surface area contributed by atoms with Crippen molar-refractivity contribution in [3.05, 3.63) is 41.7 Å². The van der Waals surface area contributed by atoms with E-state index in [9.17, 15) is 4.79 Å². The number of carbonyl (C=O) groups is 1. The van der Waals surface area contributed by atoms with Crippen LogP contribution in [-0.2, 0) is 4.79 Å². The third-order valence-corrected chi connectivity index (χ3v) is 7.02. The van der Waals surface area contributed by atoms with Crippen molar-refractivity contribution in [3.8, 4) is 5.69 Å². The van der Waals surface area contributed by atoms with E-state index >= 15 is 0 Å². The first kappa shape index (κ1) is 21.4. The minimum Gasteiger partial charge on any atom is -0.339 e. The number of rotatable bonds is 7. The smallest absolute Gasteiger partial charge is 0.233 e. The molecule has 3 heterocycles. The Morgan fingerprint density at radius 1 is 0.933 bits per heavy atom. The van der Waals surface area contributed by atoms with Gasteiger partial charge in [-0.2, -0.15) is 0 Å². The van der Waals surface area contributed by atoms with Crippen molar-refractivity contribution >= 4 is 17.7 Å². The highest BCUT2D eigenvalue weighted by Crippen LogP contribution is 2.22. The second kappa shape index (κ2) is 9.98. The Hall–Kier alpha value is -1.83. The molecule has 0 atom stereocenters. The molecule has 2 aromatic rings. The van der Waals surface area contributed by atoms with Crippen molar-refractivity contribution < 1.29 is 4.79 Å². The van der Waals surface area contributed by atoms with E-state index < -0.39 is 0 Å². The quantitative estimate of drug-likeness (QED) is 0.636. The van der Waals surface area contributed by atoms with Crippen LogP contribution in [0.5, 0.6) is 0 Å². The number of carbonyl (C=O) groups excluding carboxylic acids is 1. The molecule has 1 aromatic carbocycles. The number of amides is 1. The Morgan fingerprint density at radius 3 is 2.23 bits per heavy atom. The van der Waals surface area contributed by atoms with Gasteiger partial charge in [0.15, 0.2) is 5.16 Å². The van der Waals surface area contributed by atoms with Crippen molar-refractivity contribution in [1.82, 2.24) is 24.3 Å². The van der Waals surface area contributed by atoms with Gasteiger partial charge in [0, 0.05) is 57.3 Å². The van der Waals surface area contributed by atoms with Crippen LogP contribution in [-0.4, -0.2) is 88.3 Å². The highest BCUT2D eigenvalue weighted by atomic mass is 32.2. The summed E-state index contributed by atoms with van der Waals surface area (Å²) >= 11 is 1.53. The lowest BCUT2D eigenvalue weighted by Crippen LogP contribution is -2.50. The normalized spacial score (nSPS) is 18.3. The van der Waals surface area contributed by atoms with Gasteiger partial charge in [0.2, 0.25) is 5.91 Å². The van der Waals surface area contributed by atoms with Crippen molar-refractivity contribution in [1.29, 1.82) is 0 Å². The van der Waals surface area contributed by atoms with Gasteiger partial charge in [-0.3, -0.25) is 14.3 Å². The molecule has 6 nitrogen and oxygen atoms in total. The summed E-state index contributed by atoms with van der Waals surface area (Å²) in [5.74, 6) is 0.657. The number of thioether (sulfide) groups is 1. The lowest BCUT2D eigenvalue weighted by atomic mass is 10.1. The third kappa shape index (κ3) is 5.45. The molecule has 162 valence electrons. The van der Waals surface area contributed by atoms with Gasteiger partial charge in [0.1, 0.15) is 0 Å². The van der Waals surface area contributed by atoms with E-state index in [-0.39, 0.29) is 5.91 Å². The SMILES string of the molecule is Cc1cc(C)cc(-n2ccnc2SCC(=O)N2CCN(CCN3CCCC3)CC2)c1. The molecule has 2 aliphatic heterocycles. The summed E-state index contributed by atoms with van der Waals surface area (Å²) in [5.41, 5.74) is 3.56. The zero-order valence-electron chi connectivity index (χ0n) is 18.2. The summed E-state index contributed by atoms with van der Waals surface area (Å²) in [7, 11) is 0. The van der Waals surface area contributed by atoms with E-state index in [0.29, 0.717) is 5.75 Å². The van der Waals surface area contributed by atoms with E-state index in [1.165, 1.54) is 55.4 Å². The maximum atomic E-state index is 12.8. The van der Waals surface area contributed by atoms with Crippen LogP contribution < -0.4 is 0 Å². The molecule has 0 unspecified atom stereocenters. The molecule has 0 saturated carbocycles. The molecule has 2 saturated heterocycles. The molecule has 0 bridgehead atoms. The lowest BCUT2D eigenvalue weighted by Gasteiger charge is -2.35. The minimum absolute atomic E-state index is 0.217. The summed E-state index contributed by atoms with van der Waals surface area (Å²) in [6, 6.07) is 6.48. The van der Waals surface area contributed by atoms with Crippen LogP contribution in [0, 0.1) is 13.8 Å². The summed E-state index contributed by atoms with van der Waals surface area (Å²) in [4.78, 5) is 24.3. The van der Waals surface area contributed by atoms with E-state index in [2.05, 4.69) is 51.4 Å². The highest BCUT2D eigenvalue weighted by molar-refractivity contribution is 7.99. The summed E-state index contributed by atoms with van der Waals surface area (Å²) in [6.45, 7) is 12.7. The molecule has 7 heteroatoms. The number of benzene rings is 1. The number of piperazine rings is 1. The number of nitrogens with zero attached hydrogens (tertiary/aromatic N) is 5. The van der Waals surface area contributed by atoms with Crippen molar-refractivity contribution in [2.75, 3.05) is 58.1 Å². The third-order valence-electron chi connectivity index (χ3n) is 6.07.